The lowest BCUT2D eigenvalue weighted by Gasteiger charge is -2.09. The SMILES string of the molecule is Cc1cc(Cl)cc(S(=O)(=O)c2ccc(NC(=O)NCc3cccnc3)cc2)c1. The predicted octanol–water partition coefficient (Wildman–Crippen LogP) is 4.20. The Labute approximate surface area is 168 Å². The Morgan fingerprint density at radius 3 is 2.46 bits per heavy atom. The zero-order valence-corrected chi connectivity index (χ0v) is 16.6. The zero-order chi connectivity index (χ0) is 20.1. The Morgan fingerprint density at radius 2 is 1.82 bits per heavy atom. The number of rotatable bonds is 5. The molecule has 2 aromatic carbocycles. The van der Waals surface area contributed by atoms with Crippen molar-refractivity contribution in [1.29, 1.82) is 0 Å². The van der Waals surface area contributed by atoms with Crippen LogP contribution in [0.15, 0.2) is 76.8 Å². The van der Waals surface area contributed by atoms with Crippen LogP contribution in [0.2, 0.25) is 5.02 Å². The smallest absolute Gasteiger partial charge is 0.319 e. The third-order valence-electron chi connectivity index (χ3n) is 3.92. The molecule has 0 bridgehead atoms. The zero-order valence-electron chi connectivity index (χ0n) is 15.0. The molecule has 3 rings (SSSR count). The van der Waals surface area contributed by atoms with Crippen molar-refractivity contribution in [3.63, 3.8) is 0 Å². The van der Waals surface area contributed by atoms with Crippen molar-refractivity contribution in [3.05, 3.63) is 83.1 Å². The number of nitrogens with one attached hydrogen (secondary N) is 2. The number of hydrogen-bond acceptors (Lipinski definition) is 4. The summed E-state index contributed by atoms with van der Waals surface area (Å²) in [7, 11) is -3.70. The molecule has 6 nitrogen and oxygen atoms in total. The average molecular weight is 416 g/mol. The van der Waals surface area contributed by atoms with Crippen molar-refractivity contribution < 1.29 is 13.2 Å². The molecular weight excluding hydrogens is 398 g/mol. The highest BCUT2D eigenvalue weighted by Gasteiger charge is 2.18. The Bertz CT molecular complexity index is 1070. The van der Waals surface area contributed by atoms with E-state index in [2.05, 4.69) is 15.6 Å². The van der Waals surface area contributed by atoms with Crippen molar-refractivity contribution in [2.75, 3.05) is 5.32 Å². The standard InChI is InChI=1S/C20H18ClN3O3S/c1-14-9-16(21)11-19(10-14)28(26,27)18-6-4-17(5-7-18)24-20(25)23-13-15-3-2-8-22-12-15/h2-12H,13H2,1H3,(H2,23,24,25). The van der Waals surface area contributed by atoms with Crippen molar-refractivity contribution in [2.45, 2.75) is 23.3 Å². The summed E-state index contributed by atoms with van der Waals surface area (Å²) in [6.45, 7) is 2.11. The molecule has 0 spiro atoms. The van der Waals surface area contributed by atoms with E-state index in [-0.39, 0.29) is 9.79 Å². The fourth-order valence-electron chi connectivity index (χ4n) is 2.57. The van der Waals surface area contributed by atoms with Gasteiger partial charge in [0.25, 0.3) is 0 Å². The maximum atomic E-state index is 12.8. The highest BCUT2D eigenvalue weighted by molar-refractivity contribution is 7.91. The van der Waals surface area contributed by atoms with E-state index in [1.807, 2.05) is 6.07 Å². The van der Waals surface area contributed by atoms with Crippen molar-refractivity contribution in [3.8, 4) is 0 Å². The molecule has 0 aliphatic rings. The topological polar surface area (TPSA) is 88.2 Å². The molecule has 0 unspecified atom stereocenters. The first kappa shape index (κ1) is 19.9. The molecule has 0 radical (unpaired) electrons. The molecule has 0 atom stereocenters. The number of sulfone groups is 1. The van der Waals surface area contributed by atoms with Gasteiger partial charge in [0.05, 0.1) is 9.79 Å². The van der Waals surface area contributed by atoms with Gasteiger partial charge in [-0.15, -0.1) is 0 Å². The molecule has 0 aliphatic heterocycles. The number of aromatic nitrogens is 1. The molecular formula is C20H18ClN3O3S. The second-order valence-corrected chi connectivity index (χ2v) is 8.55. The molecule has 0 aliphatic carbocycles. The van der Waals surface area contributed by atoms with Crippen LogP contribution in [-0.4, -0.2) is 19.4 Å². The first-order chi connectivity index (χ1) is 13.3. The average Bonchev–Trinajstić information content (AvgIpc) is 2.67. The third-order valence-corrected chi connectivity index (χ3v) is 5.89. The number of carbonyl (C=O) groups is 1. The van der Waals surface area contributed by atoms with Crippen LogP contribution in [0.3, 0.4) is 0 Å². The van der Waals surface area contributed by atoms with E-state index in [1.54, 1.807) is 37.5 Å². The highest BCUT2D eigenvalue weighted by Crippen LogP contribution is 2.25. The molecule has 0 saturated carbocycles. The van der Waals surface area contributed by atoms with Crippen molar-refractivity contribution in [2.24, 2.45) is 0 Å². The van der Waals surface area contributed by atoms with Gasteiger partial charge in [-0.3, -0.25) is 4.98 Å². The summed E-state index contributed by atoms with van der Waals surface area (Å²) >= 11 is 5.98. The van der Waals surface area contributed by atoms with Gasteiger partial charge < -0.3 is 10.6 Å². The number of amides is 2. The van der Waals surface area contributed by atoms with Crippen LogP contribution in [0.5, 0.6) is 0 Å². The molecule has 2 amide bonds. The van der Waals surface area contributed by atoms with Crippen LogP contribution in [0.25, 0.3) is 0 Å². The predicted molar refractivity (Wildman–Crippen MR) is 108 cm³/mol. The van der Waals surface area contributed by atoms with Gasteiger partial charge in [-0.05, 0) is 66.6 Å². The minimum atomic E-state index is -3.70. The highest BCUT2D eigenvalue weighted by atomic mass is 35.5. The molecule has 1 aromatic heterocycles. The number of halogens is 1. The Morgan fingerprint density at radius 1 is 1.07 bits per heavy atom. The number of pyridine rings is 1. The van der Waals surface area contributed by atoms with Gasteiger partial charge in [-0.1, -0.05) is 17.7 Å². The summed E-state index contributed by atoms with van der Waals surface area (Å²) in [4.78, 5) is 16.2. The number of nitrogens with zero attached hydrogens (tertiary/aromatic N) is 1. The van der Waals surface area contributed by atoms with Crippen molar-refractivity contribution >= 4 is 33.2 Å². The fraction of sp³-hybridized carbons (Fsp3) is 0.100. The normalized spacial score (nSPS) is 11.1. The number of carbonyl (C=O) groups excluding carboxylic acids is 1. The Hall–Kier alpha value is -2.90. The molecule has 0 saturated heterocycles. The largest absolute Gasteiger partial charge is 0.334 e. The molecule has 144 valence electrons. The summed E-state index contributed by atoms with van der Waals surface area (Å²) < 4.78 is 25.5. The van der Waals surface area contributed by atoms with Crippen LogP contribution in [0, 0.1) is 6.92 Å². The molecule has 8 heteroatoms. The van der Waals surface area contributed by atoms with Crippen molar-refractivity contribution in [1.82, 2.24) is 10.3 Å². The van der Waals surface area contributed by atoms with Gasteiger partial charge in [-0.2, -0.15) is 0 Å². The van der Waals surface area contributed by atoms with Gasteiger partial charge in [0.2, 0.25) is 9.84 Å². The van der Waals surface area contributed by atoms with E-state index in [1.165, 1.54) is 30.3 Å². The van der Waals surface area contributed by atoms with Gasteiger partial charge >= 0.3 is 6.03 Å². The summed E-state index contributed by atoms with van der Waals surface area (Å²) in [5.41, 5.74) is 2.11. The maximum Gasteiger partial charge on any atom is 0.319 e. The lowest BCUT2D eigenvalue weighted by molar-refractivity contribution is 0.251. The number of anilines is 1. The number of hydrogen-bond donors (Lipinski definition) is 2. The summed E-state index contributed by atoms with van der Waals surface area (Å²) in [5.74, 6) is 0. The first-order valence-corrected chi connectivity index (χ1v) is 10.3. The van der Waals surface area contributed by atoms with E-state index in [9.17, 15) is 13.2 Å². The van der Waals surface area contributed by atoms with Crippen LogP contribution < -0.4 is 10.6 Å². The summed E-state index contributed by atoms with van der Waals surface area (Å²) in [6, 6.07) is 13.9. The van der Waals surface area contributed by atoms with Crippen LogP contribution in [0.4, 0.5) is 10.5 Å². The second kappa shape index (κ2) is 8.41. The lowest BCUT2D eigenvalue weighted by atomic mass is 10.2. The van der Waals surface area contributed by atoms with E-state index < -0.39 is 15.9 Å². The van der Waals surface area contributed by atoms with Gasteiger partial charge in [0, 0.05) is 29.6 Å². The van der Waals surface area contributed by atoms with Gasteiger partial charge in [-0.25, -0.2) is 13.2 Å². The van der Waals surface area contributed by atoms with E-state index in [0.29, 0.717) is 17.3 Å². The van der Waals surface area contributed by atoms with Crippen LogP contribution in [0.1, 0.15) is 11.1 Å². The second-order valence-electron chi connectivity index (χ2n) is 6.16. The van der Waals surface area contributed by atoms with Crippen LogP contribution in [-0.2, 0) is 16.4 Å². The minimum absolute atomic E-state index is 0.121. The molecule has 0 fully saturated rings. The monoisotopic (exact) mass is 415 g/mol. The maximum absolute atomic E-state index is 12.8. The number of urea groups is 1. The number of aryl methyl sites for hydroxylation is 1. The molecule has 3 aromatic rings. The van der Waals surface area contributed by atoms with Gasteiger partial charge in [0.1, 0.15) is 0 Å². The lowest BCUT2D eigenvalue weighted by Crippen LogP contribution is -2.28. The van der Waals surface area contributed by atoms with E-state index >= 15 is 0 Å². The minimum Gasteiger partial charge on any atom is -0.334 e. The summed E-state index contributed by atoms with van der Waals surface area (Å²) in [6.07, 6.45) is 3.32. The van der Waals surface area contributed by atoms with Crippen LogP contribution >= 0.6 is 11.6 Å². The molecule has 28 heavy (non-hydrogen) atoms. The summed E-state index contributed by atoms with van der Waals surface area (Å²) in [5, 5.41) is 5.73. The van der Waals surface area contributed by atoms with E-state index in [0.717, 1.165) is 11.1 Å². The van der Waals surface area contributed by atoms with E-state index in [4.69, 9.17) is 11.6 Å². The first-order valence-electron chi connectivity index (χ1n) is 8.41. The quantitative estimate of drug-likeness (QED) is 0.653. The third kappa shape index (κ3) is 4.88. The molecule has 2 N–H and O–H groups in total. The van der Waals surface area contributed by atoms with Gasteiger partial charge in [0.15, 0.2) is 0 Å². The molecule has 1 heterocycles. The Balaban J connectivity index is 1.68. The Kier molecular flexibility index (Phi) is 5.96. The fourth-order valence-corrected chi connectivity index (χ4v) is 4.32. The number of benzene rings is 2.